The predicted molar refractivity (Wildman–Crippen MR) is 125 cm³/mol. The van der Waals surface area contributed by atoms with E-state index < -0.39 is 10.0 Å². The number of carbonyl (C=O) groups excluding carboxylic acids is 1. The summed E-state index contributed by atoms with van der Waals surface area (Å²) in [6, 6.07) is 20.2. The van der Waals surface area contributed by atoms with Crippen molar-refractivity contribution in [1.29, 1.82) is 0 Å². The molecule has 0 spiro atoms. The molecule has 1 aliphatic rings. The molecule has 0 saturated carbocycles. The van der Waals surface area contributed by atoms with Gasteiger partial charge in [0.1, 0.15) is 5.75 Å². The summed E-state index contributed by atoms with van der Waals surface area (Å²) in [4.78, 5) is 14.8. The van der Waals surface area contributed by atoms with E-state index in [4.69, 9.17) is 4.74 Å². The van der Waals surface area contributed by atoms with Crippen LogP contribution >= 0.6 is 0 Å². The van der Waals surface area contributed by atoms with Gasteiger partial charge in [-0.1, -0.05) is 36.4 Å². The van der Waals surface area contributed by atoms with Crippen molar-refractivity contribution in [2.75, 3.05) is 44.6 Å². The van der Waals surface area contributed by atoms with Crippen molar-refractivity contribution in [2.24, 2.45) is 0 Å². The van der Waals surface area contributed by atoms with Crippen LogP contribution in [0.1, 0.15) is 6.92 Å². The molecule has 0 aromatic heterocycles. The highest BCUT2D eigenvalue weighted by atomic mass is 32.2. The Morgan fingerprint density at radius 3 is 2.34 bits per heavy atom. The van der Waals surface area contributed by atoms with Gasteiger partial charge in [-0.05, 0) is 42.6 Å². The molecule has 3 aromatic rings. The summed E-state index contributed by atoms with van der Waals surface area (Å²) in [6.07, 6.45) is 0. The Morgan fingerprint density at radius 1 is 0.938 bits per heavy atom. The lowest BCUT2D eigenvalue weighted by Crippen LogP contribution is -2.50. The Balaban J connectivity index is 1.33. The fourth-order valence-electron chi connectivity index (χ4n) is 3.88. The summed E-state index contributed by atoms with van der Waals surface area (Å²) in [5.74, 6) is 0.539. The molecule has 0 unspecified atom stereocenters. The second-order valence-electron chi connectivity index (χ2n) is 7.66. The number of sulfonamides is 1. The molecule has 1 N–H and O–H groups in total. The molecule has 1 aliphatic heterocycles. The van der Waals surface area contributed by atoms with Gasteiger partial charge in [-0.3, -0.25) is 9.69 Å². The number of piperazine rings is 1. The molecule has 0 radical (unpaired) electrons. The maximum absolute atomic E-state index is 12.9. The van der Waals surface area contributed by atoms with Crippen molar-refractivity contribution in [3.63, 3.8) is 0 Å². The molecule has 0 atom stereocenters. The first-order valence-corrected chi connectivity index (χ1v) is 12.1. The van der Waals surface area contributed by atoms with Crippen molar-refractivity contribution >= 4 is 32.4 Å². The molecule has 168 valence electrons. The summed E-state index contributed by atoms with van der Waals surface area (Å²) in [5, 5.41) is 5.05. The number of carbonyl (C=O) groups is 1. The van der Waals surface area contributed by atoms with Crippen LogP contribution in [0.4, 0.5) is 5.69 Å². The number of anilines is 1. The number of fused-ring (bicyclic) bond motifs is 1. The van der Waals surface area contributed by atoms with Crippen LogP contribution in [0.3, 0.4) is 0 Å². The molecule has 32 heavy (non-hydrogen) atoms. The predicted octanol–water partition coefficient (Wildman–Crippen LogP) is 3.18. The Morgan fingerprint density at radius 2 is 1.62 bits per heavy atom. The maximum atomic E-state index is 12.9. The first kappa shape index (κ1) is 22.3. The van der Waals surface area contributed by atoms with Crippen LogP contribution in [-0.2, 0) is 14.8 Å². The van der Waals surface area contributed by atoms with E-state index in [1.165, 1.54) is 4.31 Å². The SMILES string of the molecule is CCOc1ccc(S(=O)(=O)N2CCN(CC(=O)Nc3cccc4ccccc34)CC2)cc1. The minimum Gasteiger partial charge on any atom is -0.494 e. The highest BCUT2D eigenvalue weighted by Gasteiger charge is 2.29. The van der Waals surface area contributed by atoms with Crippen LogP contribution in [0.5, 0.6) is 5.75 Å². The number of rotatable bonds is 7. The lowest BCUT2D eigenvalue weighted by molar-refractivity contribution is -0.117. The molecule has 1 fully saturated rings. The molecule has 1 saturated heterocycles. The zero-order chi connectivity index (χ0) is 22.6. The second kappa shape index (κ2) is 9.68. The second-order valence-corrected chi connectivity index (χ2v) is 9.60. The average molecular weight is 454 g/mol. The molecular formula is C24H27N3O4S. The smallest absolute Gasteiger partial charge is 0.243 e. The van der Waals surface area contributed by atoms with Gasteiger partial charge in [-0.2, -0.15) is 4.31 Å². The zero-order valence-corrected chi connectivity index (χ0v) is 18.8. The van der Waals surface area contributed by atoms with E-state index in [0.717, 1.165) is 16.5 Å². The van der Waals surface area contributed by atoms with Crippen LogP contribution < -0.4 is 10.1 Å². The Bertz CT molecular complexity index is 1180. The van der Waals surface area contributed by atoms with Gasteiger partial charge >= 0.3 is 0 Å². The molecule has 4 rings (SSSR count). The molecule has 0 aliphatic carbocycles. The van der Waals surface area contributed by atoms with E-state index >= 15 is 0 Å². The topological polar surface area (TPSA) is 79.0 Å². The van der Waals surface area contributed by atoms with Gasteiger partial charge in [0.25, 0.3) is 0 Å². The number of nitrogens with zero attached hydrogens (tertiary/aromatic N) is 2. The number of benzene rings is 3. The average Bonchev–Trinajstić information content (AvgIpc) is 2.80. The summed E-state index contributed by atoms with van der Waals surface area (Å²) in [7, 11) is -3.57. The van der Waals surface area contributed by atoms with Gasteiger partial charge < -0.3 is 10.1 Å². The fourth-order valence-corrected chi connectivity index (χ4v) is 5.30. The van der Waals surface area contributed by atoms with E-state index in [2.05, 4.69) is 5.32 Å². The zero-order valence-electron chi connectivity index (χ0n) is 18.0. The van der Waals surface area contributed by atoms with E-state index in [-0.39, 0.29) is 17.3 Å². The van der Waals surface area contributed by atoms with Crippen LogP contribution in [-0.4, -0.2) is 62.9 Å². The summed E-state index contributed by atoms with van der Waals surface area (Å²) >= 11 is 0. The third-order valence-electron chi connectivity index (χ3n) is 5.53. The number of hydrogen-bond donors (Lipinski definition) is 1. The molecule has 0 bridgehead atoms. The van der Waals surface area contributed by atoms with Crippen molar-refractivity contribution in [3.8, 4) is 5.75 Å². The number of hydrogen-bond acceptors (Lipinski definition) is 5. The van der Waals surface area contributed by atoms with E-state index in [1.807, 2.05) is 54.3 Å². The van der Waals surface area contributed by atoms with Gasteiger partial charge in [0.15, 0.2) is 0 Å². The molecular weight excluding hydrogens is 426 g/mol. The summed E-state index contributed by atoms with van der Waals surface area (Å²) < 4.78 is 32.7. The van der Waals surface area contributed by atoms with Gasteiger partial charge in [0, 0.05) is 37.3 Å². The van der Waals surface area contributed by atoms with Crippen LogP contribution in [0.25, 0.3) is 10.8 Å². The Labute approximate surface area is 188 Å². The quantitative estimate of drug-likeness (QED) is 0.595. The lowest BCUT2D eigenvalue weighted by Gasteiger charge is -2.33. The number of ether oxygens (including phenoxy) is 1. The van der Waals surface area contributed by atoms with Gasteiger partial charge in [0.05, 0.1) is 18.0 Å². The van der Waals surface area contributed by atoms with Crippen molar-refractivity contribution in [1.82, 2.24) is 9.21 Å². The Hall–Kier alpha value is -2.94. The number of nitrogens with one attached hydrogen (secondary N) is 1. The first-order valence-electron chi connectivity index (χ1n) is 10.7. The lowest BCUT2D eigenvalue weighted by atomic mass is 10.1. The van der Waals surface area contributed by atoms with E-state index in [1.54, 1.807) is 24.3 Å². The number of amides is 1. The minimum absolute atomic E-state index is 0.107. The van der Waals surface area contributed by atoms with Gasteiger partial charge in [-0.25, -0.2) is 8.42 Å². The molecule has 8 heteroatoms. The third-order valence-corrected chi connectivity index (χ3v) is 7.45. The Kier molecular flexibility index (Phi) is 6.74. The molecule has 3 aromatic carbocycles. The van der Waals surface area contributed by atoms with Crippen LogP contribution in [0, 0.1) is 0 Å². The van der Waals surface area contributed by atoms with Crippen molar-refractivity contribution in [2.45, 2.75) is 11.8 Å². The first-order chi connectivity index (χ1) is 15.5. The molecule has 1 amide bonds. The van der Waals surface area contributed by atoms with Gasteiger partial charge in [-0.15, -0.1) is 0 Å². The monoisotopic (exact) mass is 453 g/mol. The van der Waals surface area contributed by atoms with E-state index in [0.29, 0.717) is 38.5 Å². The van der Waals surface area contributed by atoms with Crippen LogP contribution in [0.15, 0.2) is 71.6 Å². The highest BCUT2D eigenvalue weighted by molar-refractivity contribution is 7.89. The summed E-state index contributed by atoms with van der Waals surface area (Å²) in [6.45, 7) is 4.32. The summed E-state index contributed by atoms with van der Waals surface area (Å²) in [5.41, 5.74) is 0.782. The fraction of sp³-hybridized carbons (Fsp3) is 0.292. The maximum Gasteiger partial charge on any atom is 0.243 e. The van der Waals surface area contributed by atoms with Gasteiger partial charge in [0.2, 0.25) is 15.9 Å². The molecule has 7 nitrogen and oxygen atoms in total. The standard InChI is InChI=1S/C24H27N3O4S/c1-2-31-20-10-12-21(13-11-20)32(29,30)27-16-14-26(15-17-27)18-24(28)25-23-9-5-7-19-6-3-4-8-22(19)23/h3-13H,2,14-18H2,1H3,(H,25,28). The largest absolute Gasteiger partial charge is 0.494 e. The van der Waals surface area contributed by atoms with Crippen LogP contribution in [0.2, 0.25) is 0 Å². The highest BCUT2D eigenvalue weighted by Crippen LogP contribution is 2.23. The minimum atomic E-state index is -3.57. The van der Waals surface area contributed by atoms with Crippen molar-refractivity contribution in [3.05, 3.63) is 66.7 Å². The third kappa shape index (κ3) is 4.93. The van der Waals surface area contributed by atoms with Crippen molar-refractivity contribution < 1.29 is 17.9 Å². The normalized spacial score (nSPS) is 15.5. The molecule has 1 heterocycles. The van der Waals surface area contributed by atoms with E-state index in [9.17, 15) is 13.2 Å².